The van der Waals surface area contributed by atoms with Crippen LogP contribution in [0.1, 0.15) is 5.69 Å². The van der Waals surface area contributed by atoms with Crippen LogP contribution in [0.2, 0.25) is 0 Å². The van der Waals surface area contributed by atoms with Gasteiger partial charge in [0, 0.05) is 35.8 Å². The Kier molecular flexibility index (Phi) is 2.14. The van der Waals surface area contributed by atoms with Crippen LogP contribution in [0.25, 0.3) is 11.3 Å². The molecule has 0 amide bonds. The number of aryl methyl sites for hydroxylation is 1. The number of rotatable bonds is 1. The topological polar surface area (TPSA) is 45.8 Å². The first kappa shape index (κ1) is 8.69. The van der Waals surface area contributed by atoms with E-state index in [1.807, 2.05) is 19.1 Å². The van der Waals surface area contributed by atoms with Gasteiger partial charge in [-0.3, -0.25) is 9.78 Å². The van der Waals surface area contributed by atoms with E-state index in [0.29, 0.717) is 0 Å². The molecule has 0 aliphatic heterocycles. The summed E-state index contributed by atoms with van der Waals surface area (Å²) in [5.41, 5.74) is 2.68. The Labute approximate surface area is 81.5 Å². The number of nitrogens with zero attached hydrogens (tertiary/aromatic N) is 1. The summed E-state index contributed by atoms with van der Waals surface area (Å²) in [6.45, 7) is 1.93. The normalized spacial score (nSPS) is 10.1. The third-order valence-corrected chi connectivity index (χ3v) is 2.00. The SMILES string of the molecule is Cc1ccc(-c2cc(=O)cc[nH]2)cn1. The standard InChI is InChI=1S/C11H10N2O/c1-8-2-3-9(7-13-8)11-6-10(14)4-5-12-11/h2-7H,1H3,(H,12,14). The zero-order valence-electron chi connectivity index (χ0n) is 7.82. The predicted octanol–water partition coefficient (Wildman–Crippen LogP) is 1.75. The highest BCUT2D eigenvalue weighted by Crippen LogP contribution is 2.12. The molecule has 0 aliphatic carbocycles. The molecule has 1 N–H and O–H groups in total. The van der Waals surface area contributed by atoms with Gasteiger partial charge in [-0.25, -0.2) is 0 Å². The maximum absolute atomic E-state index is 11.1. The molecule has 2 aromatic rings. The first-order valence-corrected chi connectivity index (χ1v) is 4.37. The zero-order valence-corrected chi connectivity index (χ0v) is 7.82. The van der Waals surface area contributed by atoms with Gasteiger partial charge in [0.2, 0.25) is 0 Å². The van der Waals surface area contributed by atoms with Gasteiger partial charge in [0.1, 0.15) is 0 Å². The van der Waals surface area contributed by atoms with Gasteiger partial charge in [-0.15, -0.1) is 0 Å². The third kappa shape index (κ3) is 1.71. The monoisotopic (exact) mass is 186 g/mol. The highest BCUT2D eigenvalue weighted by atomic mass is 16.1. The minimum atomic E-state index is -0.000625. The molecular formula is C11H10N2O. The molecule has 0 bridgehead atoms. The van der Waals surface area contributed by atoms with Gasteiger partial charge in [0.25, 0.3) is 0 Å². The van der Waals surface area contributed by atoms with E-state index in [2.05, 4.69) is 9.97 Å². The van der Waals surface area contributed by atoms with Crippen LogP contribution in [-0.2, 0) is 0 Å². The Morgan fingerprint density at radius 1 is 1.29 bits per heavy atom. The summed E-state index contributed by atoms with van der Waals surface area (Å²) in [7, 11) is 0. The Hall–Kier alpha value is -1.90. The summed E-state index contributed by atoms with van der Waals surface area (Å²) in [6.07, 6.45) is 3.39. The van der Waals surface area contributed by atoms with Crippen LogP contribution < -0.4 is 5.43 Å². The number of H-pyrrole nitrogens is 1. The van der Waals surface area contributed by atoms with Gasteiger partial charge in [-0.05, 0) is 19.1 Å². The number of hydrogen-bond acceptors (Lipinski definition) is 2. The summed E-state index contributed by atoms with van der Waals surface area (Å²) >= 11 is 0. The number of pyridine rings is 2. The van der Waals surface area contributed by atoms with Crippen LogP contribution in [0, 0.1) is 6.92 Å². The number of hydrogen-bond donors (Lipinski definition) is 1. The lowest BCUT2D eigenvalue weighted by atomic mass is 10.2. The zero-order chi connectivity index (χ0) is 9.97. The second-order valence-corrected chi connectivity index (χ2v) is 3.13. The van der Waals surface area contributed by atoms with Crippen LogP contribution in [0.4, 0.5) is 0 Å². The van der Waals surface area contributed by atoms with E-state index in [-0.39, 0.29) is 5.43 Å². The van der Waals surface area contributed by atoms with Gasteiger partial charge in [0.05, 0.1) is 5.69 Å². The highest BCUT2D eigenvalue weighted by Gasteiger charge is 1.97. The molecule has 0 radical (unpaired) electrons. The average molecular weight is 186 g/mol. The van der Waals surface area contributed by atoms with Gasteiger partial charge in [-0.2, -0.15) is 0 Å². The van der Waals surface area contributed by atoms with E-state index in [9.17, 15) is 4.79 Å². The fraction of sp³-hybridized carbons (Fsp3) is 0.0909. The minimum absolute atomic E-state index is 0.000625. The summed E-state index contributed by atoms with van der Waals surface area (Å²) in [5.74, 6) is 0. The van der Waals surface area contributed by atoms with Crippen molar-refractivity contribution in [3.05, 3.63) is 52.6 Å². The first-order chi connectivity index (χ1) is 6.75. The number of aromatic amines is 1. The maximum Gasteiger partial charge on any atom is 0.182 e. The molecule has 70 valence electrons. The van der Waals surface area contributed by atoms with Gasteiger partial charge in [0.15, 0.2) is 5.43 Å². The average Bonchev–Trinajstić information content (AvgIpc) is 2.19. The molecule has 0 spiro atoms. The molecule has 3 nitrogen and oxygen atoms in total. The Morgan fingerprint density at radius 3 is 2.79 bits per heavy atom. The van der Waals surface area contributed by atoms with Gasteiger partial charge >= 0.3 is 0 Å². The van der Waals surface area contributed by atoms with Gasteiger partial charge in [-0.1, -0.05) is 0 Å². The summed E-state index contributed by atoms with van der Waals surface area (Å²) in [5, 5.41) is 0. The molecule has 0 unspecified atom stereocenters. The predicted molar refractivity (Wildman–Crippen MR) is 55.0 cm³/mol. The van der Waals surface area contributed by atoms with E-state index in [1.54, 1.807) is 18.5 Å². The molecule has 2 heterocycles. The molecule has 0 saturated heterocycles. The van der Waals surface area contributed by atoms with Crippen molar-refractivity contribution in [2.24, 2.45) is 0 Å². The molecule has 0 fully saturated rings. The number of nitrogens with one attached hydrogen (secondary N) is 1. The molecular weight excluding hydrogens is 176 g/mol. The molecule has 14 heavy (non-hydrogen) atoms. The second kappa shape index (κ2) is 3.46. The van der Waals surface area contributed by atoms with Crippen molar-refractivity contribution < 1.29 is 0 Å². The largest absolute Gasteiger partial charge is 0.361 e. The quantitative estimate of drug-likeness (QED) is 0.737. The lowest BCUT2D eigenvalue weighted by molar-refractivity contribution is 1.19. The van der Waals surface area contributed by atoms with Crippen molar-refractivity contribution in [2.45, 2.75) is 6.92 Å². The molecule has 0 aromatic carbocycles. The highest BCUT2D eigenvalue weighted by molar-refractivity contribution is 5.57. The van der Waals surface area contributed by atoms with Crippen molar-refractivity contribution in [3.63, 3.8) is 0 Å². The van der Waals surface area contributed by atoms with Crippen LogP contribution in [0.5, 0.6) is 0 Å². The molecule has 2 rings (SSSR count). The lowest BCUT2D eigenvalue weighted by Gasteiger charge is -2.00. The molecule has 0 aliphatic rings. The molecule has 0 atom stereocenters. The van der Waals surface area contributed by atoms with Crippen molar-refractivity contribution in [3.8, 4) is 11.3 Å². The fourth-order valence-electron chi connectivity index (χ4n) is 1.24. The first-order valence-electron chi connectivity index (χ1n) is 4.37. The van der Waals surface area contributed by atoms with Gasteiger partial charge < -0.3 is 4.98 Å². The molecule has 2 aromatic heterocycles. The summed E-state index contributed by atoms with van der Waals surface area (Å²) in [6, 6.07) is 6.91. The van der Waals surface area contributed by atoms with E-state index < -0.39 is 0 Å². The maximum atomic E-state index is 11.1. The smallest absolute Gasteiger partial charge is 0.182 e. The summed E-state index contributed by atoms with van der Waals surface area (Å²) < 4.78 is 0. The summed E-state index contributed by atoms with van der Waals surface area (Å²) in [4.78, 5) is 18.3. The van der Waals surface area contributed by atoms with Crippen molar-refractivity contribution >= 4 is 0 Å². The van der Waals surface area contributed by atoms with E-state index in [1.165, 1.54) is 6.07 Å². The second-order valence-electron chi connectivity index (χ2n) is 3.13. The lowest BCUT2D eigenvalue weighted by Crippen LogP contribution is -1.98. The molecule has 3 heteroatoms. The van der Waals surface area contributed by atoms with Crippen molar-refractivity contribution in [1.82, 2.24) is 9.97 Å². The Bertz CT molecular complexity index is 485. The van der Waals surface area contributed by atoms with Crippen LogP contribution in [0.15, 0.2) is 41.5 Å². The van der Waals surface area contributed by atoms with Crippen molar-refractivity contribution in [2.75, 3.05) is 0 Å². The van der Waals surface area contributed by atoms with E-state index in [0.717, 1.165) is 17.0 Å². The minimum Gasteiger partial charge on any atom is -0.361 e. The molecule has 0 saturated carbocycles. The fourth-order valence-corrected chi connectivity index (χ4v) is 1.24. The number of aromatic nitrogens is 2. The Balaban J connectivity index is 2.50. The van der Waals surface area contributed by atoms with Crippen LogP contribution >= 0.6 is 0 Å². The van der Waals surface area contributed by atoms with Crippen LogP contribution in [0.3, 0.4) is 0 Å². The van der Waals surface area contributed by atoms with E-state index in [4.69, 9.17) is 0 Å². The Morgan fingerprint density at radius 2 is 2.14 bits per heavy atom. The van der Waals surface area contributed by atoms with Crippen LogP contribution in [-0.4, -0.2) is 9.97 Å². The third-order valence-electron chi connectivity index (χ3n) is 2.00. The van der Waals surface area contributed by atoms with Crippen molar-refractivity contribution in [1.29, 1.82) is 0 Å². The van der Waals surface area contributed by atoms with E-state index >= 15 is 0 Å².